The standard InChI is InChI=1S/C14H11Br2ClNO/c15-8-5-7-1-2-9-10(3-4-11(17)12(9)16)14(19)13(7)18-6-8/h3-6,14,17,19H,1-2H2/q+1. The summed E-state index contributed by atoms with van der Waals surface area (Å²) in [5, 5.41) is 11.4. The molecule has 2 nitrogen and oxygen atoms in total. The van der Waals surface area contributed by atoms with Gasteiger partial charge in [-0.05, 0) is 73.5 Å². The van der Waals surface area contributed by atoms with E-state index >= 15 is 0 Å². The first-order valence-corrected chi connectivity index (χ1v) is 7.88. The number of hydrogen-bond acceptors (Lipinski definition) is 2. The van der Waals surface area contributed by atoms with Crippen LogP contribution in [0.4, 0.5) is 0 Å². The molecule has 0 radical (unpaired) electrons. The molecule has 0 aliphatic heterocycles. The third kappa shape index (κ3) is 2.35. The summed E-state index contributed by atoms with van der Waals surface area (Å²) in [4.78, 5) is 4.37. The van der Waals surface area contributed by atoms with Crippen LogP contribution in [0.25, 0.3) is 0 Å². The lowest BCUT2D eigenvalue weighted by Gasteiger charge is -2.13. The summed E-state index contributed by atoms with van der Waals surface area (Å²) in [5.74, 6) is 0. The highest BCUT2D eigenvalue weighted by Gasteiger charge is 2.26. The fourth-order valence-corrected chi connectivity index (χ4v) is 3.60. The van der Waals surface area contributed by atoms with Crippen LogP contribution in [0.15, 0.2) is 33.3 Å². The molecule has 1 atom stereocenters. The largest absolute Gasteiger partial charge is 0.382 e. The van der Waals surface area contributed by atoms with Crippen molar-refractivity contribution in [3.05, 3.63) is 60.7 Å². The highest BCUT2D eigenvalue weighted by atomic mass is 79.9. The number of fused-ring (bicyclic) bond motifs is 2. The van der Waals surface area contributed by atoms with Crippen LogP contribution in [0, 0.1) is 11.6 Å². The molecule has 1 unspecified atom stereocenters. The molecular weight excluding hydrogens is 393 g/mol. The average Bonchev–Trinajstić information content (AvgIpc) is 2.52. The minimum Gasteiger partial charge on any atom is -0.382 e. The Morgan fingerprint density at radius 2 is 2.05 bits per heavy atom. The van der Waals surface area contributed by atoms with E-state index in [4.69, 9.17) is 11.6 Å². The van der Waals surface area contributed by atoms with Crippen LogP contribution in [-0.2, 0) is 12.8 Å². The van der Waals surface area contributed by atoms with Gasteiger partial charge in [-0.1, -0.05) is 0 Å². The van der Waals surface area contributed by atoms with E-state index in [-0.39, 0.29) is 0 Å². The van der Waals surface area contributed by atoms with Gasteiger partial charge in [0.05, 0.1) is 10.2 Å². The van der Waals surface area contributed by atoms with E-state index in [0.717, 1.165) is 49.2 Å². The van der Waals surface area contributed by atoms with Crippen LogP contribution in [-0.4, -0.2) is 10.1 Å². The number of nitrogens with zero attached hydrogens (tertiary/aromatic N) is 1. The molecule has 98 valence electrons. The summed E-state index contributed by atoms with van der Waals surface area (Å²) in [6.07, 6.45) is 2.74. The maximum absolute atomic E-state index is 10.6. The Morgan fingerprint density at radius 3 is 2.84 bits per heavy atom. The second-order valence-electron chi connectivity index (χ2n) is 4.55. The van der Waals surface area contributed by atoms with Crippen LogP contribution in [0.1, 0.15) is 28.5 Å². The van der Waals surface area contributed by atoms with Crippen molar-refractivity contribution in [1.82, 2.24) is 4.98 Å². The van der Waals surface area contributed by atoms with Gasteiger partial charge in [0, 0.05) is 16.7 Å². The van der Waals surface area contributed by atoms with Gasteiger partial charge in [-0.25, -0.2) is 0 Å². The van der Waals surface area contributed by atoms with Gasteiger partial charge in [0.25, 0.3) is 0 Å². The van der Waals surface area contributed by atoms with Crippen LogP contribution < -0.4 is 0 Å². The Hall–Kier alpha value is -0.420. The second-order valence-corrected chi connectivity index (χ2v) is 6.69. The molecule has 1 aliphatic carbocycles. The number of halogens is 3. The minimum absolute atomic E-state index is 0.688. The molecule has 1 N–H and O–H groups in total. The van der Waals surface area contributed by atoms with Crippen LogP contribution in [0.5, 0.6) is 0 Å². The van der Waals surface area contributed by atoms with Crippen molar-refractivity contribution in [3.8, 4) is 0 Å². The number of aliphatic hydroxyl groups excluding tert-OH is 1. The van der Waals surface area contributed by atoms with E-state index in [1.807, 2.05) is 18.2 Å². The molecule has 0 saturated carbocycles. The summed E-state index contributed by atoms with van der Waals surface area (Å²) in [7, 11) is 0. The van der Waals surface area contributed by atoms with E-state index in [0.29, 0.717) is 0 Å². The smallest absolute Gasteiger partial charge is 0.240 e. The number of aryl methyl sites for hydroxylation is 1. The predicted molar refractivity (Wildman–Crippen MR) is 78.1 cm³/mol. The zero-order chi connectivity index (χ0) is 13.6. The van der Waals surface area contributed by atoms with E-state index in [1.54, 1.807) is 6.20 Å². The zero-order valence-corrected chi connectivity index (χ0v) is 13.8. The molecule has 5 heteroatoms. The first-order valence-electron chi connectivity index (χ1n) is 5.88. The van der Waals surface area contributed by atoms with Crippen molar-refractivity contribution in [2.75, 3.05) is 0 Å². The number of rotatable bonds is 0. The highest BCUT2D eigenvalue weighted by Crippen LogP contribution is 2.37. The summed E-state index contributed by atoms with van der Waals surface area (Å²) in [6.45, 7) is 0. The van der Waals surface area contributed by atoms with E-state index in [2.05, 4.69) is 36.8 Å². The number of aromatic nitrogens is 1. The molecule has 0 amide bonds. The van der Waals surface area contributed by atoms with Gasteiger partial charge in [-0.2, -0.15) is 0 Å². The van der Waals surface area contributed by atoms with Crippen molar-refractivity contribution in [2.24, 2.45) is 0 Å². The second kappa shape index (κ2) is 5.17. The van der Waals surface area contributed by atoms with Gasteiger partial charge in [0.1, 0.15) is 6.10 Å². The molecule has 0 bridgehead atoms. The third-order valence-electron chi connectivity index (χ3n) is 3.41. The lowest BCUT2D eigenvalue weighted by Crippen LogP contribution is -2.05. The molecule has 1 aromatic carbocycles. The van der Waals surface area contributed by atoms with E-state index in [1.165, 1.54) is 0 Å². The van der Waals surface area contributed by atoms with Gasteiger partial charge in [0.15, 0.2) is 11.6 Å². The Morgan fingerprint density at radius 1 is 1.26 bits per heavy atom. The summed E-state index contributed by atoms with van der Waals surface area (Å²) >= 11 is 12.2. The molecule has 1 heterocycles. The quantitative estimate of drug-likeness (QED) is 0.729. The maximum atomic E-state index is 10.6. The Kier molecular flexibility index (Phi) is 3.69. The third-order valence-corrected chi connectivity index (χ3v) is 5.35. The summed E-state index contributed by atoms with van der Waals surface area (Å²) in [5.41, 5.74) is 3.81. The number of pyridine rings is 1. The van der Waals surface area contributed by atoms with E-state index < -0.39 is 6.10 Å². The highest BCUT2D eigenvalue weighted by molar-refractivity contribution is 9.10. The Labute approximate surface area is 133 Å². The number of hydrogen-bond donors (Lipinski definition) is 1. The van der Waals surface area contributed by atoms with Crippen LogP contribution >= 0.6 is 31.9 Å². The minimum atomic E-state index is -0.688. The van der Waals surface area contributed by atoms with Crippen LogP contribution in [0.2, 0.25) is 5.02 Å². The predicted octanol–water partition coefficient (Wildman–Crippen LogP) is 3.48. The fraction of sp³-hybridized carbons (Fsp3) is 0.214. The van der Waals surface area contributed by atoms with Crippen molar-refractivity contribution < 1.29 is 16.7 Å². The Bertz CT molecular complexity index is 660. The first kappa shape index (κ1) is 13.6. The van der Waals surface area contributed by atoms with Crippen molar-refractivity contribution in [3.63, 3.8) is 0 Å². The van der Waals surface area contributed by atoms with Crippen molar-refractivity contribution >= 4 is 31.9 Å². The molecule has 0 fully saturated rings. The molecule has 0 spiro atoms. The monoisotopic (exact) mass is 402 g/mol. The molecule has 1 aromatic heterocycles. The molecular formula is C14H11Br2ClNO+. The Balaban J connectivity index is 2.19. The molecule has 0 saturated heterocycles. The molecule has 1 aliphatic rings. The fourth-order valence-electron chi connectivity index (χ4n) is 2.47. The lowest BCUT2D eigenvalue weighted by molar-refractivity contribution is -0.290. The van der Waals surface area contributed by atoms with Gasteiger partial charge in [-0.15, -0.1) is 0 Å². The van der Waals surface area contributed by atoms with E-state index in [9.17, 15) is 5.11 Å². The zero-order valence-electron chi connectivity index (χ0n) is 9.86. The number of benzene rings is 1. The van der Waals surface area contributed by atoms with Crippen molar-refractivity contribution in [2.45, 2.75) is 18.9 Å². The van der Waals surface area contributed by atoms with Gasteiger partial charge >= 0.3 is 0 Å². The molecule has 2 aromatic rings. The van der Waals surface area contributed by atoms with Gasteiger partial charge in [0.2, 0.25) is 5.02 Å². The maximum Gasteiger partial charge on any atom is 0.240 e. The normalized spacial score (nSPS) is 17.6. The van der Waals surface area contributed by atoms with Gasteiger partial charge < -0.3 is 5.11 Å². The molecule has 19 heavy (non-hydrogen) atoms. The lowest BCUT2D eigenvalue weighted by atomic mass is 10.0. The summed E-state index contributed by atoms with van der Waals surface area (Å²) in [6, 6.07) is 5.79. The molecule has 3 rings (SSSR count). The summed E-state index contributed by atoms with van der Waals surface area (Å²) < 4.78 is 1.86. The topological polar surface area (TPSA) is 33.1 Å². The SMILES string of the molecule is OC1c2ccc([ClH+])c(Br)c2CCc2cc(Br)cnc21. The number of aliphatic hydroxyl groups is 1. The van der Waals surface area contributed by atoms with Gasteiger partial charge in [-0.3, -0.25) is 4.98 Å². The van der Waals surface area contributed by atoms with Crippen molar-refractivity contribution in [1.29, 1.82) is 0 Å². The van der Waals surface area contributed by atoms with Crippen LogP contribution in [0.3, 0.4) is 0 Å². The first-order chi connectivity index (χ1) is 9.08. The average molecular weight is 405 g/mol.